The molecule has 1 saturated heterocycles. The number of hydrogen-bond donors (Lipinski definition) is 2. The largest absolute Gasteiger partial charge is 0.386 e. The molecule has 0 aromatic rings. The van der Waals surface area contributed by atoms with E-state index in [4.69, 9.17) is 4.74 Å². The van der Waals surface area contributed by atoms with Crippen molar-refractivity contribution in [3.63, 3.8) is 0 Å². The maximum absolute atomic E-state index is 10.7. The smallest absolute Gasteiger partial charge is 0.106 e. The first-order valence-electron chi connectivity index (χ1n) is 6.22. The minimum Gasteiger partial charge on any atom is -0.386 e. The first-order valence-corrected chi connectivity index (χ1v) is 6.22. The molecule has 2 unspecified atom stereocenters. The first-order chi connectivity index (χ1) is 7.27. The third-order valence-electron chi connectivity index (χ3n) is 3.82. The molecule has 0 spiro atoms. The predicted octanol–water partition coefficient (Wildman–Crippen LogP) is 1.31. The molecule has 1 aliphatic carbocycles. The highest BCUT2D eigenvalue weighted by atomic mass is 16.5. The second-order valence-electron chi connectivity index (χ2n) is 5.05. The van der Waals surface area contributed by atoms with Gasteiger partial charge in [-0.2, -0.15) is 0 Å². The summed E-state index contributed by atoms with van der Waals surface area (Å²) < 4.78 is 5.21. The van der Waals surface area contributed by atoms with Crippen LogP contribution in [-0.4, -0.2) is 37.0 Å². The van der Waals surface area contributed by atoms with E-state index < -0.39 is 5.60 Å². The standard InChI is InChI=1S/C12H23NO2/c1-15-9-12(14,10-6-7-10)11-5-3-2-4-8-13-11/h10-11,13-14H,2-9H2,1H3. The second-order valence-corrected chi connectivity index (χ2v) is 5.05. The highest BCUT2D eigenvalue weighted by Gasteiger charge is 2.49. The molecule has 15 heavy (non-hydrogen) atoms. The van der Waals surface area contributed by atoms with Gasteiger partial charge in [0.1, 0.15) is 5.60 Å². The van der Waals surface area contributed by atoms with E-state index in [2.05, 4.69) is 5.32 Å². The van der Waals surface area contributed by atoms with Gasteiger partial charge in [0.25, 0.3) is 0 Å². The predicted molar refractivity (Wildman–Crippen MR) is 59.8 cm³/mol. The van der Waals surface area contributed by atoms with Gasteiger partial charge in [-0.1, -0.05) is 12.8 Å². The van der Waals surface area contributed by atoms with Gasteiger partial charge in [-0.05, 0) is 38.1 Å². The number of hydrogen-bond acceptors (Lipinski definition) is 3. The molecule has 2 atom stereocenters. The van der Waals surface area contributed by atoms with Crippen LogP contribution >= 0.6 is 0 Å². The average molecular weight is 213 g/mol. The Kier molecular flexibility index (Phi) is 3.65. The van der Waals surface area contributed by atoms with Gasteiger partial charge < -0.3 is 15.2 Å². The molecule has 2 N–H and O–H groups in total. The van der Waals surface area contributed by atoms with Gasteiger partial charge in [0.2, 0.25) is 0 Å². The van der Waals surface area contributed by atoms with E-state index in [1.807, 2.05) is 0 Å². The van der Waals surface area contributed by atoms with Crippen LogP contribution in [0.5, 0.6) is 0 Å². The first kappa shape index (κ1) is 11.4. The number of aliphatic hydroxyl groups is 1. The molecule has 1 aliphatic heterocycles. The van der Waals surface area contributed by atoms with Gasteiger partial charge in [0.05, 0.1) is 6.61 Å². The Morgan fingerprint density at radius 1 is 1.27 bits per heavy atom. The molecule has 0 bridgehead atoms. The van der Waals surface area contributed by atoms with Crippen LogP contribution in [0.2, 0.25) is 0 Å². The van der Waals surface area contributed by atoms with E-state index >= 15 is 0 Å². The average Bonchev–Trinajstić information content (AvgIpc) is 3.06. The molecule has 2 fully saturated rings. The summed E-state index contributed by atoms with van der Waals surface area (Å²) in [5.41, 5.74) is -0.612. The topological polar surface area (TPSA) is 41.5 Å². The lowest BCUT2D eigenvalue weighted by atomic mass is 9.87. The van der Waals surface area contributed by atoms with Crippen LogP contribution in [0, 0.1) is 5.92 Å². The molecular weight excluding hydrogens is 190 g/mol. The second kappa shape index (κ2) is 4.81. The molecule has 0 aromatic carbocycles. The van der Waals surface area contributed by atoms with Crippen molar-refractivity contribution in [2.45, 2.75) is 50.2 Å². The van der Waals surface area contributed by atoms with Gasteiger partial charge in [0, 0.05) is 13.2 Å². The van der Waals surface area contributed by atoms with Crippen LogP contribution in [0.3, 0.4) is 0 Å². The van der Waals surface area contributed by atoms with E-state index in [0.717, 1.165) is 25.8 Å². The summed E-state index contributed by atoms with van der Waals surface area (Å²) in [7, 11) is 1.68. The Hall–Kier alpha value is -0.120. The van der Waals surface area contributed by atoms with Crippen molar-refractivity contribution in [1.29, 1.82) is 0 Å². The summed E-state index contributed by atoms with van der Waals surface area (Å²) in [6.45, 7) is 1.53. The van der Waals surface area contributed by atoms with Crippen LogP contribution in [0.4, 0.5) is 0 Å². The SMILES string of the molecule is COCC(O)(C1CC1)C1CCCCCN1. The Balaban J connectivity index is 2.01. The lowest BCUT2D eigenvalue weighted by Gasteiger charge is -2.36. The van der Waals surface area contributed by atoms with Crippen molar-refractivity contribution in [1.82, 2.24) is 5.32 Å². The van der Waals surface area contributed by atoms with Gasteiger partial charge in [0.15, 0.2) is 0 Å². The van der Waals surface area contributed by atoms with Crippen molar-refractivity contribution in [2.24, 2.45) is 5.92 Å². The maximum Gasteiger partial charge on any atom is 0.106 e. The van der Waals surface area contributed by atoms with E-state index in [0.29, 0.717) is 12.5 Å². The highest BCUT2D eigenvalue weighted by Crippen LogP contribution is 2.43. The molecule has 3 nitrogen and oxygen atoms in total. The molecule has 0 amide bonds. The summed E-state index contributed by atoms with van der Waals surface area (Å²) in [4.78, 5) is 0. The van der Waals surface area contributed by atoms with Gasteiger partial charge in [-0.3, -0.25) is 0 Å². The maximum atomic E-state index is 10.7. The Morgan fingerprint density at radius 2 is 2.07 bits per heavy atom. The van der Waals surface area contributed by atoms with E-state index in [9.17, 15) is 5.11 Å². The van der Waals surface area contributed by atoms with Crippen LogP contribution < -0.4 is 5.32 Å². The Morgan fingerprint density at radius 3 is 2.73 bits per heavy atom. The van der Waals surface area contributed by atoms with Crippen LogP contribution in [0.1, 0.15) is 38.5 Å². The van der Waals surface area contributed by atoms with Gasteiger partial charge >= 0.3 is 0 Å². The molecule has 0 radical (unpaired) electrons. The zero-order valence-corrected chi connectivity index (χ0v) is 9.67. The highest BCUT2D eigenvalue weighted by molar-refractivity contribution is 5.02. The molecule has 2 rings (SSSR count). The summed E-state index contributed by atoms with van der Waals surface area (Å²) in [6, 6.07) is 0.243. The number of nitrogens with one attached hydrogen (secondary N) is 1. The van der Waals surface area contributed by atoms with Crippen LogP contribution in [0.15, 0.2) is 0 Å². The Bertz CT molecular complexity index is 198. The van der Waals surface area contributed by atoms with Gasteiger partial charge in [-0.15, -0.1) is 0 Å². The summed E-state index contributed by atoms with van der Waals surface area (Å²) in [5, 5.41) is 14.2. The zero-order valence-electron chi connectivity index (χ0n) is 9.67. The fraction of sp³-hybridized carbons (Fsp3) is 1.00. The van der Waals surface area contributed by atoms with Crippen molar-refractivity contribution in [3.05, 3.63) is 0 Å². The van der Waals surface area contributed by atoms with Crippen molar-refractivity contribution in [3.8, 4) is 0 Å². The monoisotopic (exact) mass is 213 g/mol. The third-order valence-corrected chi connectivity index (χ3v) is 3.82. The molecule has 1 heterocycles. The van der Waals surface area contributed by atoms with Gasteiger partial charge in [-0.25, -0.2) is 0 Å². The molecule has 88 valence electrons. The quantitative estimate of drug-likeness (QED) is 0.740. The third kappa shape index (κ3) is 2.52. The summed E-state index contributed by atoms with van der Waals surface area (Å²) >= 11 is 0. The van der Waals surface area contributed by atoms with E-state index in [1.54, 1.807) is 7.11 Å². The van der Waals surface area contributed by atoms with E-state index in [1.165, 1.54) is 19.3 Å². The molecular formula is C12H23NO2. The molecule has 3 heteroatoms. The number of methoxy groups -OCH3 is 1. The lowest BCUT2D eigenvalue weighted by Crippen LogP contribution is -2.55. The minimum absolute atomic E-state index is 0.243. The fourth-order valence-electron chi connectivity index (χ4n) is 2.77. The normalized spacial score (nSPS) is 32.0. The number of rotatable bonds is 4. The minimum atomic E-state index is -0.612. The zero-order chi connectivity index (χ0) is 10.7. The fourth-order valence-corrected chi connectivity index (χ4v) is 2.77. The van der Waals surface area contributed by atoms with E-state index in [-0.39, 0.29) is 6.04 Å². The summed E-state index contributed by atoms with van der Waals surface area (Å²) in [6.07, 6.45) is 7.18. The van der Waals surface area contributed by atoms with Crippen LogP contribution in [0.25, 0.3) is 0 Å². The summed E-state index contributed by atoms with van der Waals surface area (Å²) in [5.74, 6) is 0.466. The lowest BCUT2D eigenvalue weighted by molar-refractivity contribution is -0.0751. The molecule has 0 aromatic heterocycles. The Labute approximate surface area is 92.2 Å². The molecule has 2 aliphatic rings. The number of ether oxygens (including phenoxy) is 1. The van der Waals surface area contributed by atoms with Crippen LogP contribution in [-0.2, 0) is 4.74 Å². The van der Waals surface area contributed by atoms with Crippen molar-refractivity contribution >= 4 is 0 Å². The van der Waals surface area contributed by atoms with Crippen molar-refractivity contribution < 1.29 is 9.84 Å². The van der Waals surface area contributed by atoms with Crippen molar-refractivity contribution in [2.75, 3.05) is 20.3 Å². The molecule has 1 saturated carbocycles.